The molecule has 2 rings (SSSR count). The van der Waals surface area contributed by atoms with Crippen molar-refractivity contribution in [2.24, 2.45) is 7.05 Å². The lowest BCUT2D eigenvalue weighted by Gasteiger charge is -2.14. The van der Waals surface area contributed by atoms with Gasteiger partial charge in [0.15, 0.2) is 0 Å². The molecule has 0 saturated carbocycles. The van der Waals surface area contributed by atoms with E-state index in [0.717, 1.165) is 25.2 Å². The molecule has 23 heavy (non-hydrogen) atoms. The number of nitrogens with zero attached hydrogens (tertiary/aromatic N) is 3. The maximum atomic E-state index is 12.8. The zero-order chi connectivity index (χ0) is 17.5. The monoisotopic (exact) mass is 349 g/mol. The fourth-order valence-electron chi connectivity index (χ4n) is 1.94. The van der Waals surface area contributed by atoms with Crippen molar-refractivity contribution < 1.29 is 18.1 Å². The van der Waals surface area contributed by atoms with Crippen LogP contribution in [-0.4, -0.2) is 14.1 Å². The van der Waals surface area contributed by atoms with E-state index in [0.29, 0.717) is 4.57 Å². The molecule has 2 aromatic rings. The molecule has 0 amide bonds. The first-order valence-electron chi connectivity index (χ1n) is 5.89. The average molecular weight is 350 g/mol. The van der Waals surface area contributed by atoms with E-state index in [4.69, 9.17) is 11.6 Å². The van der Waals surface area contributed by atoms with Gasteiger partial charge in [-0.25, -0.2) is 9.36 Å². The Morgan fingerprint density at radius 2 is 1.87 bits per heavy atom. The zero-order valence-electron chi connectivity index (χ0n) is 11.3. The highest BCUT2D eigenvalue weighted by atomic mass is 35.5. The van der Waals surface area contributed by atoms with Crippen LogP contribution in [0.15, 0.2) is 33.9 Å². The summed E-state index contributed by atoms with van der Waals surface area (Å²) in [5.41, 5.74) is -5.03. The number of rotatable bonds is 2. The number of alkyl halides is 3. The van der Waals surface area contributed by atoms with Crippen LogP contribution in [0.1, 0.15) is 5.69 Å². The Labute approximate surface area is 130 Å². The van der Waals surface area contributed by atoms with Crippen LogP contribution in [0.3, 0.4) is 0 Å². The van der Waals surface area contributed by atoms with Gasteiger partial charge in [-0.15, -0.1) is 0 Å². The van der Waals surface area contributed by atoms with Gasteiger partial charge in [-0.2, -0.15) is 13.2 Å². The Morgan fingerprint density at radius 1 is 1.26 bits per heavy atom. The second-order valence-electron chi connectivity index (χ2n) is 4.41. The van der Waals surface area contributed by atoms with Crippen LogP contribution in [0.25, 0.3) is 5.69 Å². The van der Waals surface area contributed by atoms with Crippen molar-refractivity contribution in [3.63, 3.8) is 0 Å². The van der Waals surface area contributed by atoms with Crippen molar-refractivity contribution in [3.8, 4) is 5.69 Å². The molecule has 0 saturated heterocycles. The van der Waals surface area contributed by atoms with E-state index in [1.807, 2.05) is 0 Å². The highest BCUT2D eigenvalue weighted by molar-refractivity contribution is 6.34. The van der Waals surface area contributed by atoms with Crippen LogP contribution in [0.5, 0.6) is 0 Å². The third-order valence-electron chi connectivity index (χ3n) is 3.01. The number of benzene rings is 1. The summed E-state index contributed by atoms with van der Waals surface area (Å²) in [6, 6.07) is 3.52. The van der Waals surface area contributed by atoms with Crippen LogP contribution < -0.4 is 11.2 Å². The number of hydrogen-bond acceptors (Lipinski definition) is 4. The molecule has 0 aliphatic carbocycles. The number of nitro groups is 1. The predicted octanol–water partition coefficient (Wildman–Crippen LogP) is 2.12. The molecular formula is C12H7ClF3N3O4. The van der Waals surface area contributed by atoms with Crippen molar-refractivity contribution in [3.05, 3.63) is 65.9 Å². The van der Waals surface area contributed by atoms with Gasteiger partial charge in [-0.1, -0.05) is 17.7 Å². The quantitative estimate of drug-likeness (QED) is 0.613. The van der Waals surface area contributed by atoms with Crippen LogP contribution in [0.2, 0.25) is 5.02 Å². The molecule has 122 valence electrons. The van der Waals surface area contributed by atoms with Crippen LogP contribution in [0, 0.1) is 10.1 Å². The molecule has 7 nitrogen and oxygen atoms in total. The predicted molar refractivity (Wildman–Crippen MR) is 73.9 cm³/mol. The Bertz CT molecular complexity index is 917. The fourth-order valence-corrected chi connectivity index (χ4v) is 2.22. The highest BCUT2D eigenvalue weighted by Crippen LogP contribution is 2.30. The molecule has 1 aromatic carbocycles. The minimum absolute atomic E-state index is 0.219. The summed E-state index contributed by atoms with van der Waals surface area (Å²) in [6.07, 6.45) is -4.90. The molecule has 11 heteroatoms. The van der Waals surface area contributed by atoms with Gasteiger partial charge in [0.25, 0.3) is 11.2 Å². The van der Waals surface area contributed by atoms with Crippen LogP contribution >= 0.6 is 11.6 Å². The molecule has 0 atom stereocenters. The molecule has 0 N–H and O–H groups in total. The van der Waals surface area contributed by atoms with Gasteiger partial charge in [0.05, 0.1) is 10.6 Å². The van der Waals surface area contributed by atoms with Crippen molar-refractivity contribution in [1.29, 1.82) is 0 Å². The Kier molecular flexibility index (Phi) is 4.03. The lowest BCUT2D eigenvalue weighted by molar-refractivity contribution is -0.384. The first-order chi connectivity index (χ1) is 10.6. The summed E-state index contributed by atoms with van der Waals surface area (Å²) >= 11 is 5.79. The summed E-state index contributed by atoms with van der Waals surface area (Å²) in [6.45, 7) is 0. The Balaban J connectivity index is 2.85. The zero-order valence-corrected chi connectivity index (χ0v) is 12.1. The lowest BCUT2D eigenvalue weighted by atomic mass is 10.2. The maximum Gasteiger partial charge on any atom is 0.431 e. The van der Waals surface area contributed by atoms with Gasteiger partial charge >= 0.3 is 11.9 Å². The Hall–Kier alpha value is -2.62. The van der Waals surface area contributed by atoms with E-state index in [-0.39, 0.29) is 16.3 Å². The Morgan fingerprint density at radius 3 is 2.39 bits per heavy atom. The van der Waals surface area contributed by atoms with E-state index in [1.54, 1.807) is 0 Å². The van der Waals surface area contributed by atoms with Crippen molar-refractivity contribution in [1.82, 2.24) is 9.13 Å². The minimum Gasteiger partial charge on any atom is -0.292 e. The van der Waals surface area contributed by atoms with Gasteiger partial charge < -0.3 is 0 Å². The molecule has 0 unspecified atom stereocenters. The molecule has 0 radical (unpaired) electrons. The largest absolute Gasteiger partial charge is 0.431 e. The number of nitro benzene ring substituents is 1. The second-order valence-corrected chi connectivity index (χ2v) is 4.79. The third-order valence-corrected chi connectivity index (χ3v) is 3.39. The summed E-state index contributed by atoms with van der Waals surface area (Å²) in [7, 11) is 0.826. The molecule has 0 spiro atoms. The molecule has 0 fully saturated rings. The number of halogens is 4. The normalized spacial score (nSPS) is 11.5. The molecular weight excluding hydrogens is 343 g/mol. The van der Waals surface area contributed by atoms with Crippen molar-refractivity contribution in [2.75, 3.05) is 0 Å². The molecule has 1 aromatic heterocycles. The standard InChI is InChI=1S/C12H7ClF3N3O4/c1-17-8(12(14,15)16)5-9(20)18(11(17)21)6-3-2-4-7(10(6)13)19(22)23/h2-5H,1H3. The fraction of sp³-hybridized carbons (Fsp3) is 0.167. The first kappa shape index (κ1) is 16.7. The van der Waals surface area contributed by atoms with Crippen LogP contribution in [0.4, 0.5) is 18.9 Å². The summed E-state index contributed by atoms with van der Waals surface area (Å²) < 4.78 is 38.9. The molecule has 0 aliphatic heterocycles. The van der Waals surface area contributed by atoms with Crippen molar-refractivity contribution >= 4 is 17.3 Å². The first-order valence-corrected chi connectivity index (χ1v) is 6.27. The van der Waals surface area contributed by atoms with E-state index >= 15 is 0 Å². The topological polar surface area (TPSA) is 87.1 Å². The SMILES string of the molecule is Cn1c(C(F)(F)F)cc(=O)n(-c2cccc([N+](=O)[O-])c2Cl)c1=O. The number of hydrogen-bond donors (Lipinski definition) is 0. The molecule has 0 aliphatic rings. The van der Waals surface area contributed by atoms with Gasteiger partial charge in [0.1, 0.15) is 10.7 Å². The van der Waals surface area contributed by atoms with Gasteiger partial charge in [-0.05, 0) is 6.07 Å². The summed E-state index contributed by atoms with van der Waals surface area (Å²) in [5, 5.41) is 10.3. The van der Waals surface area contributed by atoms with Gasteiger partial charge in [-0.3, -0.25) is 19.5 Å². The van der Waals surface area contributed by atoms with E-state index in [1.165, 1.54) is 0 Å². The summed E-state index contributed by atoms with van der Waals surface area (Å²) in [4.78, 5) is 34.0. The molecule has 1 heterocycles. The van der Waals surface area contributed by atoms with Gasteiger partial charge in [0.2, 0.25) is 0 Å². The minimum atomic E-state index is -4.90. The maximum absolute atomic E-state index is 12.8. The highest BCUT2D eigenvalue weighted by Gasteiger charge is 2.35. The van der Waals surface area contributed by atoms with E-state index in [9.17, 15) is 32.9 Å². The lowest BCUT2D eigenvalue weighted by Crippen LogP contribution is -2.40. The average Bonchev–Trinajstić information content (AvgIpc) is 2.43. The smallest absolute Gasteiger partial charge is 0.292 e. The molecule has 0 bridgehead atoms. The number of aromatic nitrogens is 2. The second kappa shape index (κ2) is 5.54. The van der Waals surface area contributed by atoms with E-state index in [2.05, 4.69) is 0 Å². The third kappa shape index (κ3) is 2.84. The van der Waals surface area contributed by atoms with Gasteiger partial charge in [0, 0.05) is 19.2 Å². The summed E-state index contributed by atoms with van der Waals surface area (Å²) in [5.74, 6) is 0. The van der Waals surface area contributed by atoms with Crippen LogP contribution in [-0.2, 0) is 13.2 Å². The van der Waals surface area contributed by atoms with Crippen molar-refractivity contribution in [2.45, 2.75) is 6.18 Å². The van der Waals surface area contributed by atoms with E-state index < -0.39 is 38.8 Å².